The van der Waals surface area contributed by atoms with E-state index in [2.05, 4.69) is 240 Å². The summed E-state index contributed by atoms with van der Waals surface area (Å²) in [5.41, 5.74) is 30.7. The minimum absolute atomic E-state index is 0. The van der Waals surface area contributed by atoms with Crippen molar-refractivity contribution in [2.45, 2.75) is 112 Å². The second-order valence-corrected chi connectivity index (χ2v) is 31.0. The van der Waals surface area contributed by atoms with Gasteiger partial charge in [-0.25, -0.2) is 34.7 Å². The van der Waals surface area contributed by atoms with Crippen molar-refractivity contribution in [3.05, 3.63) is 322 Å². The quantitative estimate of drug-likeness (QED) is 0.0422. The molecule has 0 unspecified atom stereocenters. The van der Waals surface area contributed by atoms with Crippen molar-refractivity contribution < 1.29 is 19.5 Å². The summed E-state index contributed by atoms with van der Waals surface area (Å²) in [5, 5.41) is 10.5. The molecule has 6 aromatic heterocycles. The normalized spacial score (nSPS) is 11.2. The van der Waals surface area contributed by atoms with Crippen LogP contribution in [-0.4, -0.2) is 88.8 Å². The lowest BCUT2D eigenvalue weighted by atomic mass is 9.97. The average Bonchev–Trinajstić information content (AvgIpc) is 1.62. The number of nitrogens with one attached hydrogen (secondary N) is 1. The molecule has 0 saturated heterocycles. The number of aromatic nitrogens is 12. The molecular weight excluding hydrogens is 1540 g/mol. The Morgan fingerprint density at radius 1 is 0.370 bits per heavy atom. The van der Waals surface area contributed by atoms with E-state index in [1.807, 2.05) is 109 Å². The van der Waals surface area contributed by atoms with Gasteiger partial charge in [0, 0.05) is 95.1 Å². The number of H-pyrrole nitrogens is 1. The molecule has 12 aromatic carbocycles. The standard InChI is InChI=1S/C34H32N4O.C33H30N4O2.C19H20N4.C15H13BrO.B/c1-5-10-32-36-33-22(2)19-26(34-35-29-13-8-9-14-30(29)37(34)4)20-31(33)38(32)21-24-15-17-25(18-16-24)28-12-7-6-11-27(28)23(3)39;1-4-9-30-35-31-21(2)18-24(32-34-27-12-7-8-13-28(27)36(32)3)19-29(31)37(30)20-22-14-16-23(17-15-22)25-10-5-6-11-26(25)33(38)39;1-4-7-17-20-15-11-13(10-12(2)18(15)22-17)19-21-14-8-5-6-9-16(14)23(19)3;1-11(17)14-4-2-3-5-15(14)13-8-6-12(10-16)7-9-13;/h6-9,11-20H,5,10,21H2,1-4H3;5-8,10-19H,4,9,20H2,1-3H3,(H,38,39);5-6,8-11H,4,7H2,1-3H3,(H,20,22);2-9H,10H2,1H3;. The fourth-order valence-electron chi connectivity index (χ4n) is 16.1. The largest absolute Gasteiger partial charge is 0.478 e. The highest BCUT2D eigenvalue weighted by Crippen LogP contribution is 2.36. The van der Waals surface area contributed by atoms with Crippen molar-refractivity contribution in [2.75, 3.05) is 0 Å². The maximum absolute atomic E-state index is 12.2. The second kappa shape index (κ2) is 36.1. The minimum atomic E-state index is -0.921. The van der Waals surface area contributed by atoms with E-state index in [0.29, 0.717) is 12.1 Å². The van der Waals surface area contributed by atoms with Gasteiger partial charge in [-0.3, -0.25) is 9.59 Å². The number of halogens is 1. The molecule has 0 aliphatic heterocycles. The molecule has 119 heavy (non-hydrogen) atoms. The average molecular weight is 1630 g/mol. The van der Waals surface area contributed by atoms with E-state index in [1.165, 1.54) is 16.7 Å². The number of nitrogens with zero attached hydrogens (tertiary/aromatic N) is 11. The molecular formula is C101H95BBrN12O4. The number of carbonyl (C=O) groups excluding carboxylic acids is 2. The fraction of sp³-hybridized carbons (Fsp3) is 0.198. The summed E-state index contributed by atoms with van der Waals surface area (Å²) in [4.78, 5) is 68.4. The molecule has 18 aromatic rings. The highest BCUT2D eigenvalue weighted by Gasteiger charge is 2.22. The number of hydrogen-bond acceptors (Lipinski definition) is 9. The van der Waals surface area contributed by atoms with Crippen molar-refractivity contribution in [1.82, 2.24) is 57.7 Å². The summed E-state index contributed by atoms with van der Waals surface area (Å²) < 4.78 is 11.1. The van der Waals surface area contributed by atoms with Gasteiger partial charge in [-0.15, -0.1) is 0 Å². The monoisotopic (exact) mass is 1630 g/mol. The third-order valence-corrected chi connectivity index (χ3v) is 22.7. The van der Waals surface area contributed by atoms with Crippen molar-refractivity contribution in [2.24, 2.45) is 21.1 Å². The van der Waals surface area contributed by atoms with Gasteiger partial charge in [0.25, 0.3) is 0 Å². The number of carbonyl (C=O) groups is 3. The zero-order valence-corrected chi connectivity index (χ0v) is 70.7. The number of alkyl halides is 1. The molecule has 16 nitrogen and oxygen atoms in total. The van der Waals surface area contributed by atoms with Gasteiger partial charge in [0.1, 0.15) is 34.9 Å². The first-order chi connectivity index (χ1) is 57.3. The van der Waals surface area contributed by atoms with E-state index < -0.39 is 5.97 Å². The van der Waals surface area contributed by atoms with Crippen LogP contribution in [0.4, 0.5) is 0 Å². The second-order valence-electron chi connectivity index (χ2n) is 30.4. The first-order valence-electron chi connectivity index (χ1n) is 40.4. The van der Waals surface area contributed by atoms with E-state index in [4.69, 9.17) is 29.9 Å². The number of benzene rings is 12. The number of carboxylic acid groups (broad SMARTS) is 1. The van der Waals surface area contributed by atoms with Gasteiger partial charge in [0.15, 0.2) is 11.6 Å². The fourth-order valence-corrected chi connectivity index (χ4v) is 16.5. The number of fused-ring (bicyclic) bond motifs is 6. The highest BCUT2D eigenvalue weighted by atomic mass is 79.9. The molecule has 0 aliphatic carbocycles. The van der Waals surface area contributed by atoms with E-state index in [1.54, 1.807) is 26.0 Å². The molecule has 0 aliphatic rings. The lowest BCUT2D eigenvalue weighted by Gasteiger charge is -2.12. The Kier molecular flexibility index (Phi) is 25.0. The van der Waals surface area contributed by atoms with Gasteiger partial charge in [-0.2, -0.15) is 0 Å². The summed E-state index contributed by atoms with van der Waals surface area (Å²) >= 11 is 3.42. The number of para-hydroxylation sites is 6. The number of ketones is 2. The predicted octanol–water partition coefficient (Wildman–Crippen LogP) is 23.5. The van der Waals surface area contributed by atoms with Crippen LogP contribution in [0.15, 0.2) is 255 Å². The van der Waals surface area contributed by atoms with E-state index in [-0.39, 0.29) is 20.0 Å². The number of aryl methyl sites for hydroxylation is 9. The zero-order chi connectivity index (χ0) is 82.4. The van der Waals surface area contributed by atoms with E-state index in [0.717, 1.165) is 229 Å². The maximum Gasteiger partial charge on any atom is 0.336 e. The molecule has 6 heterocycles. The molecule has 18 rings (SSSR count). The van der Waals surface area contributed by atoms with E-state index >= 15 is 0 Å². The Bertz CT molecular complexity index is 6510. The Morgan fingerprint density at radius 2 is 0.706 bits per heavy atom. The molecule has 0 atom stereocenters. The Labute approximate surface area is 704 Å². The number of aromatic carboxylic acids is 1. The summed E-state index contributed by atoms with van der Waals surface area (Å²) in [6.45, 7) is 17.6. The molecule has 0 fully saturated rings. The van der Waals surface area contributed by atoms with Gasteiger partial charge >= 0.3 is 5.97 Å². The van der Waals surface area contributed by atoms with Gasteiger partial charge in [-0.05, 0) is 200 Å². The maximum atomic E-state index is 12.2. The Morgan fingerprint density at radius 3 is 1.07 bits per heavy atom. The predicted molar refractivity (Wildman–Crippen MR) is 490 cm³/mol. The van der Waals surface area contributed by atoms with Crippen LogP contribution in [-0.2, 0) is 58.8 Å². The van der Waals surface area contributed by atoms with Gasteiger partial charge in [0.2, 0.25) is 0 Å². The van der Waals surface area contributed by atoms with Gasteiger partial charge < -0.3 is 32.9 Å². The van der Waals surface area contributed by atoms with Crippen molar-refractivity contribution in [1.29, 1.82) is 0 Å². The topological polar surface area (TPSA) is 189 Å². The Balaban J connectivity index is 0.000000136. The van der Waals surface area contributed by atoms with Gasteiger partial charge in [-0.1, -0.05) is 213 Å². The van der Waals surface area contributed by atoms with Crippen LogP contribution in [0, 0.1) is 20.8 Å². The zero-order valence-electron chi connectivity index (χ0n) is 69.2. The lowest BCUT2D eigenvalue weighted by molar-refractivity contribution is 0.0697. The molecule has 593 valence electrons. The third-order valence-electron chi connectivity index (χ3n) is 22.0. The molecule has 0 saturated carbocycles. The highest BCUT2D eigenvalue weighted by molar-refractivity contribution is 9.08. The lowest BCUT2D eigenvalue weighted by Crippen LogP contribution is -2.05. The SMILES string of the molecule is CC(=O)c1ccccc1-c1ccc(CBr)cc1.CCCc1nc2c(C)cc(-c3nc4ccccc4n3C)cc2[nH]1.CCCc1nc2c(C)cc(-c3nc4ccccc4n3C)cc2n1Cc1ccc(-c2ccccc2C(=O)O)cc1.CCCc1nc2c(C)cc(-c3nc4ccccc4n3C)cc2n1Cc1ccc(-c2ccccc2C(C)=O)cc1.[B]. The van der Waals surface area contributed by atoms with Crippen LogP contribution in [0.25, 0.3) is 134 Å². The number of Topliss-reactive ketones (excluding diaryl/α,β-unsaturated/α-hetero) is 2. The number of imidazole rings is 6. The van der Waals surface area contributed by atoms with Gasteiger partial charge in [0.05, 0.1) is 71.8 Å². The van der Waals surface area contributed by atoms with Crippen LogP contribution in [0.1, 0.15) is 136 Å². The Hall–Kier alpha value is -13.2. The molecule has 3 radical (unpaired) electrons. The molecule has 18 heteroatoms. The summed E-state index contributed by atoms with van der Waals surface area (Å²) in [7, 11) is 6.21. The molecule has 0 spiro atoms. The van der Waals surface area contributed by atoms with E-state index in [9.17, 15) is 19.5 Å². The van der Waals surface area contributed by atoms with Crippen molar-refractivity contribution in [3.63, 3.8) is 0 Å². The number of aromatic amines is 1. The summed E-state index contributed by atoms with van der Waals surface area (Å²) in [6.07, 6.45) is 5.91. The number of carboxylic acids is 1. The minimum Gasteiger partial charge on any atom is -0.478 e. The van der Waals surface area contributed by atoms with Crippen LogP contribution in [0.5, 0.6) is 0 Å². The smallest absolute Gasteiger partial charge is 0.336 e. The van der Waals surface area contributed by atoms with Crippen molar-refractivity contribution >= 4 is 108 Å². The molecule has 0 amide bonds. The summed E-state index contributed by atoms with van der Waals surface area (Å²) in [5.74, 6) is 5.38. The number of hydrogen-bond donors (Lipinski definition) is 2. The first kappa shape index (κ1) is 82.3. The van der Waals surface area contributed by atoms with Crippen LogP contribution < -0.4 is 0 Å². The summed E-state index contributed by atoms with van der Waals surface area (Å²) in [6, 6.07) is 85.5. The van der Waals surface area contributed by atoms with Crippen molar-refractivity contribution in [3.8, 4) is 67.5 Å². The number of rotatable bonds is 20. The third kappa shape index (κ3) is 17.2. The molecule has 0 bridgehead atoms. The first-order valence-corrected chi connectivity index (χ1v) is 41.5. The van der Waals surface area contributed by atoms with Crippen LogP contribution in [0.2, 0.25) is 0 Å². The van der Waals surface area contributed by atoms with Crippen LogP contribution >= 0.6 is 15.9 Å². The van der Waals surface area contributed by atoms with Crippen LogP contribution in [0.3, 0.4) is 0 Å². The molecule has 2 N–H and O–H groups in total.